The Morgan fingerprint density at radius 1 is 1.42 bits per heavy atom. The molecule has 0 aliphatic carbocycles. The van der Waals surface area contributed by atoms with Crippen molar-refractivity contribution in [1.29, 1.82) is 0 Å². The minimum atomic E-state index is -0.235. The molecule has 0 bridgehead atoms. The van der Waals surface area contributed by atoms with Crippen LogP contribution < -0.4 is 5.73 Å². The molecular formula is C14H24N2O2S. The molecule has 1 saturated heterocycles. The summed E-state index contributed by atoms with van der Waals surface area (Å²) in [5.41, 5.74) is 6.89. The number of hydrogen-bond donors (Lipinski definition) is 1. The number of thiazole rings is 1. The van der Waals surface area contributed by atoms with E-state index in [0.717, 1.165) is 23.5 Å². The van der Waals surface area contributed by atoms with Crippen LogP contribution in [0.3, 0.4) is 0 Å². The molecule has 1 aromatic heterocycles. The van der Waals surface area contributed by atoms with Gasteiger partial charge in [0.2, 0.25) is 0 Å². The Hall–Kier alpha value is -0.490. The van der Waals surface area contributed by atoms with E-state index in [-0.39, 0.29) is 17.6 Å². The van der Waals surface area contributed by atoms with Crippen LogP contribution in [0, 0.1) is 0 Å². The van der Waals surface area contributed by atoms with Gasteiger partial charge < -0.3 is 15.2 Å². The highest BCUT2D eigenvalue weighted by Gasteiger charge is 2.35. The lowest BCUT2D eigenvalue weighted by atomic mass is 9.97. The Morgan fingerprint density at radius 3 is 2.68 bits per heavy atom. The number of nitrogens with two attached hydrogens (primary N) is 1. The third-order valence-corrected chi connectivity index (χ3v) is 5.02. The monoisotopic (exact) mass is 284 g/mol. The van der Waals surface area contributed by atoms with Crippen molar-refractivity contribution < 1.29 is 9.47 Å². The fraction of sp³-hybridized carbons (Fsp3) is 0.786. The summed E-state index contributed by atoms with van der Waals surface area (Å²) in [5, 5.41) is 3.20. The summed E-state index contributed by atoms with van der Waals surface area (Å²) >= 11 is 1.69. The number of ether oxygens (including phenoxy) is 2. The maximum absolute atomic E-state index is 6.06. The highest BCUT2D eigenvalue weighted by atomic mass is 32.1. The predicted molar refractivity (Wildman–Crippen MR) is 77.5 cm³/mol. The lowest BCUT2D eigenvalue weighted by Gasteiger charge is -2.29. The van der Waals surface area contributed by atoms with Crippen molar-refractivity contribution in [3.8, 4) is 0 Å². The summed E-state index contributed by atoms with van der Waals surface area (Å²) < 4.78 is 11.4. The molecular weight excluding hydrogens is 260 g/mol. The number of rotatable bonds is 6. The highest BCUT2D eigenvalue weighted by molar-refractivity contribution is 7.09. The SMILES string of the molecule is CCOC(CC)(CC)c1nc(C2COCC2N)cs1. The predicted octanol–water partition coefficient (Wildman–Crippen LogP) is 2.64. The third-order valence-electron chi connectivity index (χ3n) is 3.98. The Labute approximate surface area is 119 Å². The van der Waals surface area contributed by atoms with E-state index >= 15 is 0 Å². The number of hydrogen-bond acceptors (Lipinski definition) is 5. The van der Waals surface area contributed by atoms with E-state index in [1.807, 2.05) is 6.92 Å². The Balaban J connectivity index is 2.23. The van der Waals surface area contributed by atoms with E-state index in [1.54, 1.807) is 11.3 Å². The van der Waals surface area contributed by atoms with E-state index in [4.69, 9.17) is 20.2 Å². The molecule has 1 aromatic rings. The molecule has 0 spiro atoms. The molecule has 2 rings (SSSR count). The second-order valence-corrected chi connectivity index (χ2v) is 5.88. The van der Waals surface area contributed by atoms with Crippen molar-refractivity contribution in [2.45, 2.75) is 51.2 Å². The van der Waals surface area contributed by atoms with Crippen molar-refractivity contribution in [2.24, 2.45) is 5.73 Å². The molecule has 0 aromatic carbocycles. The zero-order valence-electron chi connectivity index (χ0n) is 12.0. The van der Waals surface area contributed by atoms with Gasteiger partial charge >= 0.3 is 0 Å². The molecule has 19 heavy (non-hydrogen) atoms. The standard InChI is InChI=1S/C14H24N2O2S/c1-4-14(5-2,18-6-3)13-16-12(9-19-13)10-7-17-8-11(10)15/h9-11H,4-8,15H2,1-3H3. The van der Waals surface area contributed by atoms with Gasteiger partial charge in [-0.3, -0.25) is 0 Å². The van der Waals surface area contributed by atoms with Crippen molar-refractivity contribution in [2.75, 3.05) is 19.8 Å². The lowest BCUT2D eigenvalue weighted by molar-refractivity contribution is -0.0507. The normalized spacial score (nSPS) is 24.0. The van der Waals surface area contributed by atoms with Crippen molar-refractivity contribution >= 4 is 11.3 Å². The van der Waals surface area contributed by atoms with Crippen LogP contribution >= 0.6 is 11.3 Å². The van der Waals surface area contributed by atoms with E-state index in [1.165, 1.54) is 0 Å². The van der Waals surface area contributed by atoms with Crippen LogP contribution in [0.2, 0.25) is 0 Å². The summed E-state index contributed by atoms with van der Waals surface area (Å²) in [6.07, 6.45) is 1.88. The first-order valence-electron chi connectivity index (χ1n) is 7.10. The first-order chi connectivity index (χ1) is 9.16. The molecule has 2 heterocycles. The first kappa shape index (κ1) is 14.9. The Kier molecular flexibility index (Phi) is 4.95. The van der Waals surface area contributed by atoms with Gasteiger partial charge in [0.05, 0.1) is 18.9 Å². The minimum Gasteiger partial charge on any atom is -0.379 e. The van der Waals surface area contributed by atoms with Crippen LogP contribution in [0.4, 0.5) is 0 Å². The lowest BCUT2D eigenvalue weighted by Crippen LogP contribution is -2.29. The fourth-order valence-electron chi connectivity index (χ4n) is 2.64. The van der Waals surface area contributed by atoms with Crippen LogP contribution in [0.1, 0.15) is 50.2 Å². The maximum atomic E-state index is 6.06. The molecule has 0 amide bonds. The molecule has 108 valence electrons. The topological polar surface area (TPSA) is 57.4 Å². The van der Waals surface area contributed by atoms with Gasteiger partial charge in [0, 0.05) is 23.9 Å². The van der Waals surface area contributed by atoms with Crippen LogP contribution in [-0.2, 0) is 15.1 Å². The Morgan fingerprint density at radius 2 is 2.16 bits per heavy atom. The highest BCUT2D eigenvalue weighted by Crippen LogP contribution is 2.37. The van der Waals surface area contributed by atoms with Crippen molar-refractivity contribution in [3.63, 3.8) is 0 Å². The second kappa shape index (κ2) is 6.31. The van der Waals surface area contributed by atoms with Gasteiger partial charge in [0.1, 0.15) is 10.6 Å². The Bertz CT molecular complexity index is 404. The zero-order valence-corrected chi connectivity index (χ0v) is 12.8. The van der Waals surface area contributed by atoms with Gasteiger partial charge in [-0.1, -0.05) is 13.8 Å². The van der Waals surface area contributed by atoms with Crippen LogP contribution in [0.25, 0.3) is 0 Å². The molecule has 2 unspecified atom stereocenters. The molecule has 4 nitrogen and oxygen atoms in total. The summed E-state index contributed by atoms with van der Waals surface area (Å²) in [6.45, 7) is 8.38. The zero-order chi connectivity index (χ0) is 13.9. The molecule has 1 aliphatic heterocycles. The summed E-state index contributed by atoms with van der Waals surface area (Å²) in [6, 6.07) is 0.0692. The summed E-state index contributed by atoms with van der Waals surface area (Å²) in [5.74, 6) is 0.234. The maximum Gasteiger partial charge on any atom is 0.125 e. The quantitative estimate of drug-likeness (QED) is 0.872. The first-order valence-corrected chi connectivity index (χ1v) is 7.98. The van der Waals surface area contributed by atoms with Crippen molar-refractivity contribution in [1.82, 2.24) is 4.98 Å². The van der Waals surface area contributed by atoms with Gasteiger partial charge in [-0.2, -0.15) is 0 Å². The minimum absolute atomic E-state index is 0.0692. The smallest absolute Gasteiger partial charge is 0.125 e. The van der Waals surface area contributed by atoms with Gasteiger partial charge in [-0.25, -0.2) is 4.98 Å². The van der Waals surface area contributed by atoms with Crippen molar-refractivity contribution in [3.05, 3.63) is 16.1 Å². The molecule has 2 atom stereocenters. The summed E-state index contributed by atoms with van der Waals surface area (Å²) in [7, 11) is 0. The van der Waals surface area contributed by atoms with E-state index in [2.05, 4.69) is 19.2 Å². The molecule has 2 N–H and O–H groups in total. The van der Waals surface area contributed by atoms with Crippen LogP contribution in [0.15, 0.2) is 5.38 Å². The average Bonchev–Trinajstić information content (AvgIpc) is 3.04. The van der Waals surface area contributed by atoms with Gasteiger partial charge in [0.25, 0.3) is 0 Å². The molecule has 1 aliphatic rings. The molecule has 0 radical (unpaired) electrons. The van der Waals surface area contributed by atoms with E-state index in [0.29, 0.717) is 19.8 Å². The second-order valence-electron chi connectivity index (χ2n) is 5.02. The molecule has 1 fully saturated rings. The fourth-order valence-corrected chi connectivity index (χ4v) is 3.82. The molecule has 5 heteroatoms. The number of nitrogens with zero attached hydrogens (tertiary/aromatic N) is 1. The van der Waals surface area contributed by atoms with Gasteiger partial charge in [-0.15, -0.1) is 11.3 Å². The van der Waals surface area contributed by atoms with Crippen LogP contribution in [0.5, 0.6) is 0 Å². The molecule has 0 saturated carbocycles. The largest absolute Gasteiger partial charge is 0.379 e. The number of aromatic nitrogens is 1. The van der Waals surface area contributed by atoms with E-state index in [9.17, 15) is 0 Å². The third kappa shape index (κ3) is 2.84. The van der Waals surface area contributed by atoms with Gasteiger partial charge in [-0.05, 0) is 19.8 Å². The summed E-state index contributed by atoms with van der Waals surface area (Å²) in [4.78, 5) is 4.81. The average molecular weight is 284 g/mol. The van der Waals surface area contributed by atoms with E-state index < -0.39 is 0 Å². The van der Waals surface area contributed by atoms with Gasteiger partial charge in [0.15, 0.2) is 0 Å². The van der Waals surface area contributed by atoms with Crippen LogP contribution in [-0.4, -0.2) is 30.8 Å².